The first-order valence-electron chi connectivity index (χ1n) is 7.10. The molecule has 6 heteroatoms. The van der Waals surface area contributed by atoms with Crippen molar-refractivity contribution in [2.24, 2.45) is 0 Å². The first kappa shape index (κ1) is 18.2. The average molecular weight is 409 g/mol. The summed E-state index contributed by atoms with van der Waals surface area (Å²) < 4.78 is 5.84. The van der Waals surface area contributed by atoms with Crippen LogP contribution in [-0.2, 0) is 14.3 Å². The summed E-state index contributed by atoms with van der Waals surface area (Å²) in [5.74, 6) is -0.985. The molecule has 0 bridgehead atoms. The van der Waals surface area contributed by atoms with E-state index in [9.17, 15) is 9.59 Å². The monoisotopic (exact) mass is 407 g/mol. The molecule has 2 rings (SSSR count). The van der Waals surface area contributed by atoms with Crippen LogP contribution in [0.15, 0.2) is 53.0 Å². The van der Waals surface area contributed by atoms with Gasteiger partial charge in [0.25, 0.3) is 5.91 Å². The van der Waals surface area contributed by atoms with Crippen LogP contribution in [0, 0.1) is 6.92 Å². The number of nitrogens with one attached hydrogen (secondary N) is 1. The van der Waals surface area contributed by atoms with Crippen molar-refractivity contribution in [1.29, 1.82) is 0 Å². The van der Waals surface area contributed by atoms with E-state index in [1.807, 2.05) is 19.1 Å². The van der Waals surface area contributed by atoms with E-state index in [2.05, 4.69) is 21.2 Å². The van der Waals surface area contributed by atoms with Crippen molar-refractivity contribution < 1.29 is 14.3 Å². The fraction of sp³-hybridized carbons (Fsp3) is 0.111. The van der Waals surface area contributed by atoms with Crippen molar-refractivity contribution in [2.75, 3.05) is 11.9 Å². The number of carbonyl (C=O) groups excluding carboxylic acids is 2. The summed E-state index contributed by atoms with van der Waals surface area (Å²) in [6, 6.07) is 12.5. The number of rotatable bonds is 5. The lowest BCUT2D eigenvalue weighted by Crippen LogP contribution is -2.20. The number of esters is 1. The molecule has 4 nitrogen and oxygen atoms in total. The van der Waals surface area contributed by atoms with Crippen molar-refractivity contribution in [3.05, 3.63) is 69.2 Å². The van der Waals surface area contributed by atoms with E-state index >= 15 is 0 Å². The first-order valence-corrected chi connectivity index (χ1v) is 8.27. The molecule has 2 aromatic rings. The summed E-state index contributed by atoms with van der Waals surface area (Å²) in [6.45, 7) is 1.53. The molecule has 0 radical (unpaired) electrons. The van der Waals surface area contributed by atoms with Gasteiger partial charge in [0.15, 0.2) is 6.61 Å². The maximum atomic E-state index is 11.8. The van der Waals surface area contributed by atoms with Crippen LogP contribution >= 0.6 is 27.5 Å². The van der Waals surface area contributed by atoms with E-state index in [0.717, 1.165) is 15.6 Å². The van der Waals surface area contributed by atoms with Crippen LogP contribution in [0.4, 0.5) is 5.69 Å². The topological polar surface area (TPSA) is 55.4 Å². The standard InChI is InChI=1S/C18H15BrClNO3/c1-12-10-14(19)5-8-16(12)21-17(22)11-24-18(23)9-4-13-2-6-15(20)7-3-13/h2-10H,11H2,1H3,(H,21,22)/b9-4+. The highest BCUT2D eigenvalue weighted by Crippen LogP contribution is 2.19. The van der Waals surface area contributed by atoms with E-state index in [-0.39, 0.29) is 6.61 Å². The first-order chi connectivity index (χ1) is 11.4. The van der Waals surface area contributed by atoms with E-state index in [1.165, 1.54) is 6.08 Å². The summed E-state index contributed by atoms with van der Waals surface area (Å²) in [5.41, 5.74) is 2.40. The predicted molar refractivity (Wildman–Crippen MR) is 99.0 cm³/mol. The number of amides is 1. The number of benzene rings is 2. The summed E-state index contributed by atoms with van der Waals surface area (Å²) in [7, 11) is 0. The van der Waals surface area contributed by atoms with Crippen molar-refractivity contribution in [3.8, 4) is 0 Å². The van der Waals surface area contributed by atoms with Crippen LogP contribution in [0.5, 0.6) is 0 Å². The molecule has 0 aliphatic rings. The second-order valence-corrected chi connectivity index (χ2v) is 6.35. The summed E-state index contributed by atoms with van der Waals surface area (Å²) >= 11 is 9.14. The van der Waals surface area contributed by atoms with Crippen LogP contribution in [-0.4, -0.2) is 18.5 Å². The molecule has 1 amide bonds. The Morgan fingerprint density at radius 2 is 1.92 bits per heavy atom. The fourth-order valence-electron chi connectivity index (χ4n) is 1.88. The van der Waals surface area contributed by atoms with Gasteiger partial charge in [-0.05, 0) is 54.5 Å². The smallest absolute Gasteiger partial charge is 0.331 e. The molecule has 0 unspecified atom stereocenters. The molecule has 0 aliphatic carbocycles. The molecule has 0 saturated carbocycles. The Balaban J connectivity index is 1.82. The van der Waals surface area contributed by atoms with Crippen molar-refractivity contribution in [2.45, 2.75) is 6.92 Å². The fourth-order valence-corrected chi connectivity index (χ4v) is 2.48. The van der Waals surface area contributed by atoms with Crippen LogP contribution < -0.4 is 5.32 Å². The number of anilines is 1. The van der Waals surface area contributed by atoms with Gasteiger partial charge in [-0.1, -0.05) is 39.7 Å². The molecule has 24 heavy (non-hydrogen) atoms. The minimum absolute atomic E-state index is 0.348. The summed E-state index contributed by atoms with van der Waals surface area (Å²) in [5, 5.41) is 3.32. The molecule has 0 heterocycles. The quantitative estimate of drug-likeness (QED) is 0.581. The minimum Gasteiger partial charge on any atom is -0.452 e. The highest BCUT2D eigenvalue weighted by Gasteiger charge is 2.07. The van der Waals surface area contributed by atoms with Gasteiger partial charge in [-0.25, -0.2) is 4.79 Å². The molecule has 0 aliphatic heterocycles. The van der Waals surface area contributed by atoms with Gasteiger partial charge >= 0.3 is 5.97 Å². The molecule has 124 valence electrons. The van der Waals surface area contributed by atoms with Gasteiger partial charge in [0.2, 0.25) is 0 Å². The average Bonchev–Trinajstić information content (AvgIpc) is 2.55. The SMILES string of the molecule is Cc1cc(Br)ccc1NC(=O)COC(=O)/C=C/c1ccc(Cl)cc1. The van der Waals surface area contributed by atoms with Crippen LogP contribution in [0.2, 0.25) is 5.02 Å². The number of halogens is 2. The second-order valence-electron chi connectivity index (χ2n) is 5.00. The van der Waals surface area contributed by atoms with Gasteiger partial charge in [-0.15, -0.1) is 0 Å². The molecule has 0 fully saturated rings. The number of hydrogen-bond donors (Lipinski definition) is 1. The zero-order valence-electron chi connectivity index (χ0n) is 12.9. The van der Waals surface area contributed by atoms with Crippen LogP contribution in [0.1, 0.15) is 11.1 Å². The molecule has 0 spiro atoms. The van der Waals surface area contributed by atoms with E-state index in [4.69, 9.17) is 16.3 Å². The van der Waals surface area contributed by atoms with Gasteiger partial charge in [0, 0.05) is 21.3 Å². The van der Waals surface area contributed by atoms with Crippen molar-refractivity contribution in [3.63, 3.8) is 0 Å². The Labute approximate surface area is 153 Å². The van der Waals surface area contributed by atoms with Crippen molar-refractivity contribution >= 4 is 51.2 Å². The third-order valence-corrected chi connectivity index (χ3v) is 3.84. The van der Waals surface area contributed by atoms with Gasteiger partial charge in [0.05, 0.1) is 0 Å². The highest BCUT2D eigenvalue weighted by molar-refractivity contribution is 9.10. The molecular weight excluding hydrogens is 394 g/mol. The van der Waals surface area contributed by atoms with E-state index < -0.39 is 11.9 Å². The zero-order chi connectivity index (χ0) is 17.5. The largest absolute Gasteiger partial charge is 0.452 e. The normalized spacial score (nSPS) is 10.6. The van der Waals surface area contributed by atoms with Crippen LogP contribution in [0.3, 0.4) is 0 Å². The van der Waals surface area contributed by atoms with Crippen LogP contribution in [0.25, 0.3) is 6.08 Å². The Morgan fingerprint density at radius 3 is 2.58 bits per heavy atom. The number of carbonyl (C=O) groups is 2. The Kier molecular flexibility index (Phi) is 6.58. The number of aryl methyl sites for hydroxylation is 1. The Morgan fingerprint density at radius 1 is 1.21 bits per heavy atom. The maximum Gasteiger partial charge on any atom is 0.331 e. The maximum absolute atomic E-state index is 11.8. The Bertz CT molecular complexity index is 772. The Hall–Kier alpha value is -2.11. The molecule has 2 aromatic carbocycles. The zero-order valence-corrected chi connectivity index (χ0v) is 15.2. The second kappa shape index (κ2) is 8.66. The number of hydrogen-bond acceptors (Lipinski definition) is 3. The lowest BCUT2D eigenvalue weighted by Gasteiger charge is -2.08. The van der Waals surface area contributed by atoms with E-state index in [0.29, 0.717) is 10.7 Å². The molecular formula is C18H15BrClNO3. The lowest BCUT2D eigenvalue weighted by atomic mass is 10.2. The van der Waals surface area contributed by atoms with Gasteiger partial charge in [0.1, 0.15) is 0 Å². The lowest BCUT2D eigenvalue weighted by molar-refractivity contribution is -0.142. The molecule has 1 N–H and O–H groups in total. The predicted octanol–water partition coefficient (Wildman–Crippen LogP) is 4.61. The minimum atomic E-state index is -0.590. The van der Waals surface area contributed by atoms with Crippen molar-refractivity contribution in [1.82, 2.24) is 0 Å². The third-order valence-electron chi connectivity index (χ3n) is 3.09. The molecule has 0 atom stereocenters. The third kappa shape index (κ3) is 5.83. The number of ether oxygens (including phenoxy) is 1. The molecule has 0 saturated heterocycles. The highest BCUT2D eigenvalue weighted by atomic mass is 79.9. The summed E-state index contributed by atoms with van der Waals surface area (Å²) in [6.07, 6.45) is 2.86. The van der Waals surface area contributed by atoms with Gasteiger partial charge < -0.3 is 10.1 Å². The van der Waals surface area contributed by atoms with Gasteiger partial charge in [-0.2, -0.15) is 0 Å². The summed E-state index contributed by atoms with van der Waals surface area (Å²) in [4.78, 5) is 23.5. The van der Waals surface area contributed by atoms with Gasteiger partial charge in [-0.3, -0.25) is 4.79 Å². The van der Waals surface area contributed by atoms with E-state index in [1.54, 1.807) is 36.4 Å². The molecule has 0 aromatic heterocycles.